The largest absolute Gasteiger partial charge is 0.398 e. The van der Waals surface area contributed by atoms with Crippen LogP contribution in [-0.2, 0) is 0 Å². The molecule has 0 aliphatic carbocycles. The van der Waals surface area contributed by atoms with Gasteiger partial charge in [0.15, 0.2) is 0 Å². The summed E-state index contributed by atoms with van der Waals surface area (Å²) in [6, 6.07) is 11.3. The van der Waals surface area contributed by atoms with Crippen LogP contribution in [0, 0.1) is 20.8 Å². The summed E-state index contributed by atoms with van der Waals surface area (Å²) >= 11 is 0. The van der Waals surface area contributed by atoms with Gasteiger partial charge in [0.05, 0.1) is 0 Å². The Morgan fingerprint density at radius 1 is 1.00 bits per heavy atom. The fourth-order valence-electron chi connectivity index (χ4n) is 1.99. The van der Waals surface area contributed by atoms with Gasteiger partial charge in [0.25, 0.3) is 5.91 Å². The molecule has 0 aliphatic heterocycles. The molecule has 0 aromatic heterocycles. The normalized spacial score (nSPS) is 10.3. The van der Waals surface area contributed by atoms with Gasteiger partial charge in [0, 0.05) is 16.9 Å². The Hall–Kier alpha value is -2.29. The van der Waals surface area contributed by atoms with Gasteiger partial charge in [-0.1, -0.05) is 23.8 Å². The molecular weight excluding hydrogens is 236 g/mol. The number of carbonyl (C=O) groups is 1. The van der Waals surface area contributed by atoms with E-state index in [2.05, 4.69) is 5.32 Å². The summed E-state index contributed by atoms with van der Waals surface area (Å²) in [6.45, 7) is 5.88. The Morgan fingerprint density at radius 3 is 2.37 bits per heavy atom. The van der Waals surface area contributed by atoms with E-state index in [1.165, 1.54) is 0 Å². The molecule has 0 bridgehead atoms. The average molecular weight is 254 g/mol. The predicted molar refractivity (Wildman–Crippen MR) is 79.5 cm³/mol. The van der Waals surface area contributed by atoms with Crippen LogP contribution in [0.2, 0.25) is 0 Å². The maximum Gasteiger partial charge on any atom is 0.255 e. The number of hydrogen-bond acceptors (Lipinski definition) is 2. The minimum Gasteiger partial charge on any atom is -0.398 e. The summed E-state index contributed by atoms with van der Waals surface area (Å²) in [7, 11) is 0. The summed E-state index contributed by atoms with van der Waals surface area (Å²) in [4.78, 5) is 12.2. The molecule has 0 heterocycles. The standard InChI is InChI=1S/C16H18N2O/c1-10-4-7-14(12(3)8-10)16(19)18-13-6-5-11(2)15(17)9-13/h4-9H,17H2,1-3H3,(H,18,19). The van der Waals surface area contributed by atoms with Gasteiger partial charge in [-0.2, -0.15) is 0 Å². The first-order chi connectivity index (χ1) is 8.97. The first-order valence-electron chi connectivity index (χ1n) is 6.22. The number of aryl methyl sites for hydroxylation is 3. The van der Waals surface area contributed by atoms with Crippen LogP contribution in [0.15, 0.2) is 36.4 Å². The lowest BCUT2D eigenvalue weighted by Gasteiger charge is -2.09. The minimum atomic E-state index is -0.110. The van der Waals surface area contributed by atoms with Crippen molar-refractivity contribution in [1.29, 1.82) is 0 Å². The van der Waals surface area contributed by atoms with Crippen LogP contribution >= 0.6 is 0 Å². The summed E-state index contributed by atoms with van der Waals surface area (Å²) < 4.78 is 0. The van der Waals surface area contributed by atoms with Crippen molar-refractivity contribution in [2.24, 2.45) is 0 Å². The van der Waals surface area contributed by atoms with Crippen LogP contribution in [-0.4, -0.2) is 5.91 Å². The van der Waals surface area contributed by atoms with Gasteiger partial charge in [0.1, 0.15) is 0 Å². The van der Waals surface area contributed by atoms with Crippen LogP contribution in [0.4, 0.5) is 11.4 Å². The number of nitrogens with two attached hydrogens (primary N) is 1. The number of amides is 1. The van der Waals surface area contributed by atoms with Gasteiger partial charge < -0.3 is 11.1 Å². The summed E-state index contributed by atoms with van der Waals surface area (Å²) in [5.41, 5.74) is 11.0. The van der Waals surface area contributed by atoms with E-state index in [1.807, 2.05) is 51.1 Å². The Balaban J connectivity index is 2.23. The zero-order valence-electron chi connectivity index (χ0n) is 11.4. The van der Waals surface area contributed by atoms with Crippen LogP contribution in [0.3, 0.4) is 0 Å². The van der Waals surface area contributed by atoms with Crippen molar-refractivity contribution in [3.8, 4) is 0 Å². The maximum absolute atomic E-state index is 12.2. The number of nitrogens with one attached hydrogen (secondary N) is 1. The summed E-state index contributed by atoms with van der Waals surface area (Å²) in [6.07, 6.45) is 0. The molecule has 98 valence electrons. The fourth-order valence-corrected chi connectivity index (χ4v) is 1.99. The number of anilines is 2. The molecule has 0 unspecified atom stereocenters. The fraction of sp³-hybridized carbons (Fsp3) is 0.188. The molecule has 2 aromatic carbocycles. The van der Waals surface area contributed by atoms with E-state index >= 15 is 0 Å². The SMILES string of the molecule is Cc1ccc(C(=O)Nc2ccc(C)c(N)c2)c(C)c1. The number of hydrogen-bond donors (Lipinski definition) is 2. The topological polar surface area (TPSA) is 55.1 Å². The van der Waals surface area contributed by atoms with Crippen molar-refractivity contribution in [3.05, 3.63) is 58.7 Å². The Morgan fingerprint density at radius 2 is 1.74 bits per heavy atom. The van der Waals surface area contributed by atoms with E-state index in [-0.39, 0.29) is 5.91 Å². The highest BCUT2D eigenvalue weighted by atomic mass is 16.1. The average Bonchev–Trinajstić information content (AvgIpc) is 2.33. The first-order valence-corrected chi connectivity index (χ1v) is 6.22. The third kappa shape index (κ3) is 2.94. The predicted octanol–water partition coefficient (Wildman–Crippen LogP) is 3.45. The van der Waals surface area contributed by atoms with Crippen molar-refractivity contribution < 1.29 is 4.79 Å². The van der Waals surface area contributed by atoms with Gasteiger partial charge in [-0.05, 0) is 50.1 Å². The van der Waals surface area contributed by atoms with Crippen molar-refractivity contribution in [1.82, 2.24) is 0 Å². The number of benzene rings is 2. The van der Waals surface area contributed by atoms with E-state index in [4.69, 9.17) is 5.73 Å². The molecule has 0 spiro atoms. The lowest BCUT2D eigenvalue weighted by Crippen LogP contribution is -2.13. The lowest BCUT2D eigenvalue weighted by molar-refractivity contribution is 0.102. The van der Waals surface area contributed by atoms with Crippen LogP contribution in [0.5, 0.6) is 0 Å². The molecule has 0 saturated carbocycles. The van der Waals surface area contributed by atoms with E-state index in [9.17, 15) is 4.79 Å². The highest BCUT2D eigenvalue weighted by molar-refractivity contribution is 6.05. The molecule has 3 nitrogen and oxygen atoms in total. The molecule has 0 radical (unpaired) electrons. The van der Waals surface area contributed by atoms with Gasteiger partial charge >= 0.3 is 0 Å². The van der Waals surface area contributed by atoms with Gasteiger partial charge in [-0.15, -0.1) is 0 Å². The highest BCUT2D eigenvalue weighted by Crippen LogP contribution is 2.18. The monoisotopic (exact) mass is 254 g/mol. The van der Waals surface area contributed by atoms with E-state index in [0.29, 0.717) is 16.9 Å². The van der Waals surface area contributed by atoms with Crippen molar-refractivity contribution >= 4 is 17.3 Å². The molecule has 0 atom stereocenters. The lowest BCUT2D eigenvalue weighted by atomic mass is 10.1. The Labute approximate surface area is 113 Å². The number of carbonyl (C=O) groups excluding carboxylic acids is 1. The van der Waals surface area contributed by atoms with Gasteiger partial charge in [-0.25, -0.2) is 0 Å². The molecule has 19 heavy (non-hydrogen) atoms. The second-order valence-corrected chi connectivity index (χ2v) is 4.84. The van der Waals surface area contributed by atoms with Crippen molar-refractivity contribution in [3.63, 3.8) is 0 Å². The second kappa shape index (κ2) is 5.14. The second-order valence-electron chi connectivity index (χ2n) is 4.84. The number of nitrogen functional groups attached to an aromatic ring is 1. The quantitative estimate of drug-likeness (QED) is 0.806. The van der Waals surface area contributed by atoms with Gasteiger partial charge in [0.2, 0.25) is 0 Å². The molecular formula is C16H18N2O. The van der Waals surface area contributed by atoms with Crippen molar-refractivity contribution in [2.45, 2.75) is 20.8 Å². The molecule has 2 rings (SSSR count). The van der Waals surface area contributed by atoms with E-state index in [0.717, 1.165) is 16.7 Å². The third-order valence-corrected chi connectivity index (χ3v) is 3.16. The molecule has 1 amide bonds. The molecule has 0 saturated heterocycles. The summed E-state index contributed by atoms with van der Waals surface area (Å²) in [5.74, 6) is -0.110. The minimum absolute atomic E-state index is 0.110. The third-order valence-electron chi connectivity index (χ3n) is 3.16. The first kappa shape index (κ1) is 13.1. The van der Waals surface area contributed by atoms with Gasteiger partial charge in [-0.3, -0.25) is 4.79 Å². The maximum atomic E-state index is 12.2. The zero-order chi connectivity index (χ0) is 14.0. The molecule has 3 heteroatoms. The Kier molecular flexibility index (Phi) is 3.56. The summed E-state index contributed by atoms with van der Waals surface area (Å²) in [5, 5.41) is 2.87. The Bertz CT molecular complexity index is 633. The highest BCUT2D eigenvalue weighted by Gasteiger charge is 2.09. The van der Waals surface area contributed by atoms with E-state index in [1.54, 1.807) is 6.07 Å². The van der Waals surface area contributed by atoms with Crippen LogP contribution in [0.25, 0.3) is 0 Å². The molecule has 0 aliphatic rings. The van der Waals surface area contributed by atoms with Crippen LogP contribution < -0.4 is 11.1 Å². The van der Waals surface area contributed by atoms with E-state index < -0.39 is 0 Å². The smallest absolute Gasteiger partial charge is 0.255 e. The zero-order valence-corrected chi connectivity index (χ0v) is 11.4. The number of rotatable bonds is 2. The molecule has 0 fully saturated rings. The van der Waals surface area contributed by atoms with Crippen LogP contribution in [0.1, 0.15) is 27.0 Å². The molecule has 2 aromatic rings. The molecule has 3 N–H and O–H groups in total. The van der Waals surface area contributed by atoms with Crippen molar-refractivity contribution in [2.75, 3.05) is 11.1 Å².